The zero-order valence-corrected chi connectivity index (χ0v) is 11.5. The summed E-state index contributed by atoms with van der Waals surface area (Å²) in [6.45, 7) is -0.195. The molecule has 0 bridgehead atoms. The molecule has 0 aromatic carbocycles. The largest absolute Gasteiger partial charge is 0.446 e. The molecule has 2 rings (SSSR count). The monoisotopic (exact) mass is 285 g/mol. The van der Waals surface area contributed by atoms with E-state index in [1.165, 1.54) is 19.2 Å². The van der Waals surface area contributed by atoms with E-state index in [2.05, 4.69) is 4.98 Å². The maximum absolute atomic E-state index is 12.2. The zero-order chi connectivity index (χ0) is 14.0. The highest BCUT2D eigenvalue weighted by Gasteiger charge is 2.25. The number of aliphatic hydroxyl groups excluding tert-OH is 1. The van der Waals surface area contributed by atoms with Crippen LogP contribution in [0.15, 0.2) is 34.0 Å². The molecule has 2 aromatic heterocycles. The highest BCUT2D eigenvalue weighted by molar-refractivity contribution is 7.88. The number of rotatable bonds is 5. The standard InChI is InChI=1S/C11H15N3O4S/c1-13-6-5-12-10(13)7-14(2)19(16,17)11-4-3-9(8-15)18-11/h3-6,15H,7-8H2,1-2H3. The van der Waals surface area contributed by atoms with Gasteiger partial charge in [-0.25, -0.2) is 13.4 Å². The molecule has 0 radical (unpaired) electrons. The SMILES string of the molecule is CN(Cc1nccn1C)S(=O)(=O)c1ccc(CO)o1. The van der Waals surface area contributed by atoms with Crippen LogP contribution < -0.4 is 0 Å². The number of hydrogen-bond donors (Lipinski definition) is 1. The third-order valence-electron chi connectivity index (χ3n) is 2.74. The van der Waals surface area contributed by atoms with Crippen LogP contribution in [0.5, 0.6) is 0 Å². The minimum absolute atomic E-state index is 0.140. The van der Waals surface area contributed by atoms with E-state index in [9.17, 15) is 8.42 Å². The second kappa shape index (κ2) is 5.16. The fourth-order valence-corrected chi connectivity index (χ4v) is 2.61. The number of aliphatic hydroxyl groups is 1. The number of imidazole rings is 1. The quantitative estimate of drug-likeness (QED) is 0.855. The minimum Gasteiger partial charge on any atom is -0.446 e. The van der Waals surface area contributed by atoms with Crippen LogP contribution in [0.25, 0.3) is 0 Å². The van der Waals surface area contributed by atoms with Gasteiger partial charge in [-0.2, -0.15) is 4.31 Å². The van der Waals surface area contributed by atoms with E-state index >= 15 is 0 Å². The van der Waals surface area contributed by atoms with Crippen molar-refractivity contribution in [1.29, 1.82) is 0 Å². The Bertz CT molecular complexity index is 659. The Morgan fingerprint density at radius 1 is 1.47 bits per heavy atom. The predicted octanol–water partition coefficient (Wildman–Crippen LogP) is 0.326. The van der Waals surface area contributed by atoms with Gasteiger partial charge >= 0.3 is 0 Å². The van der Waals surface area contributed by atoms with Gasteiger partial charge in [0.2, 0.25) is 5.09 Å². The van der Waals surface area contributed by atoms with Gasteiger partial charge < -0.3 is 14.1 Å². The second-order valence-corrected chi connectivity index (χ2v) is 6.07. The zero-order valence-electron chi connectivity index (χ0n) is 10.6. The van der Waals surface area contributed by atoms with Gasteiger partial charge in [-0.05, 0) is 12.1 Å². The van der Waals surface area contributed by atoms with E-state index in [0.717, 1.165) is 4.31 Å². The van der Waals surface area contributed by atoms with Crippen molar-refractivity contribution < 1.29 is 17.9 Å². The highest BCUT2D eigenvalue weighted by Crippen LogP contribution is 2.19. The molecule has 7 nitrogen and oxygen atoms in total. The lowest BCUT2D eigenvalue weighted by Gasteiger charge is -2.14. The summed E-state index contributed by atoms with van der Waals surface area (Å²) in [5, 5.41) is 8.70. The molecule has 104 valence electrons. The van der Waals surface area contributed by atoms with Gasteiger partial charge in [-0.3, -0.25) is 0 Å². The number of sulfonamides is 1. The molecule has 0 aliphatic heterocycles. The first-order valence-corrected chi connectivity index (χ1v) is 7.01. The summed E-state index contributed by atoms with van der Waals surface area (Å²) in [6, 6.07) is 2.76. The van der Waals surface area contributed by atoms with Crippen molar-refractivity contribution in [2.24, 2.45) is 7.05 Å². The maximum Gasteiger partial charge on any atom is 0.276 e. The summed E-state index contributed by atoms with van der Waals surface area (Å²) in [6.07, 6.45) is 3.35. The molecule has 0 aliphatic rings. The molecular formula is C11H15N3O4S. The Kier molecular flexibility index (Phi) is 3.74. The van der Waals surface area contributed by atoms with E-state index in [4.69, 9.17) is 9.52 Å². The Morgan fingerprint density at radius 2 is 2.21 bits per heavy atom. The van der Waals surface area contributed by atoms with Crippen LogP contribution in [-0.2, 0) is 30.2 Å². The topological polar surface area (TPSA) is 88.6 Å². The lowest BCUT2D eigenvalue weighted by molar-refractivity contribution is 0.235. The maximum atomic E-state index is 12.2. The second-order valence-electron chi connectivity index (χ2n) is 4.09. The Labute approximate surface area is 111 Å². The minimum atomic E-state index is -3.72. The summed E-state index contributed by atoms with van der Waals surface area (Å²) in [5.74, 6) is 0.837. The Hall–Kier alpha value is -1.64. The van der Waals surface area contributed by atoms with Gasteiger partial charge in [0.05, 0.1) is 6.54 Å². The first-order chi connectivity index (χ1) is 8.95. The molecule has 1 N–H and O–H groups in total. The molecule has 0 saturated heterocycles. The van der Waals surface area contributed by atoms with Gasteiger partial charge in [0.1, 0.15) is 18.2 Å². The molecule has 19 heavy (non-hydrogen) atoms. The summed E-state index contributed by atoms with van der Waals surface area (Å²) in [4.78, 5) is 4.07. The smallest absolute Gasteiger partial charge is 0.276 e. The first-order valence-electron chi connectivity index (χ1n) is 5.57. The van der Waals surface area contributed by atoms with Crippen molar-refractivity contribution >= 4 is 10.0 Å². The van der Waals surface area contributed by atoms with Crippen molar-refractivity contribution in [2.75, 3.05) is 7.05 Å². The normalized spacial score (nSPS) is 12.2. The lowest BCUT2D eigenvalue weighted by atomic mass is 10.5. The Morgan fingerprint density at radius 3 is 2.74 bits per heavy atom. The van der Waals surface area contributed by atoms with E-state index in [-0.39, 0.29) is 24.0 Å². The van der Waals surface area contributed by atoms with Gasteiger partial charge in [0.25, 0.3) is 10.0 Å². The van der Waals surface area contributed by atoms with Gasteiger partial charge in [0, 0.05) is 26.5 Å². The average Bonchev–Trinajstić information content (AvgIpc) is 2.99. The van der Waals surface area contributed by atoms with Crippen LogP contribution in [0.3, 0.4) is 0 Å². The summed E-state index contributed by atoms with van der Waals surface area (Å²) in [7, 11) is -0.478. The molecule has 0 amide bonds. The molecule has 2 aromatic rings. The average molecular weight is 285 g/mol. The van der Waals surface area contributed by atoms with Crippen molar-refractivity contribution in [3.05, 3.63) is 36.1 Å². The van der Waals surface area contributed by atoms with E-state index < -0.39 is 10.0 Å². The van der Waals surface area contributed by atoms with Crippen molar-refractivity contribution in [1.82, 2.24) is 13.9 Å². The van der Waals surface area contributed by atoms with Crippen LogP contribution in [0.1, 0.15) is 11.6 Å². The molecule has 0 unspecified atom stereocenters. The van der Waals surface area contributed by atoms with E-state index in [0.29, 0.717) is 5.82 Å². The number of aromatic nitrogens is 2. The van der Waals surface area contributed by atoms with Crippen molar-refractivity contribution in [2.45, 2.75) is 18.2 Å². The summed E-state index contributed by atoms with van der Waals surface area (Å²) < 4.78 is 32.4. The highest BCUT2D eigenvalue weighted by atomic mass is 32.2. The first kappa shape index (κ1) is 13.8. The molecule has 0 saturated carbocycles. The van der Waals surface area contributed by atoms with Crippen LogP contribution >= 0.6 is 0 Å². The lowest BCUT2D eigenvalue weighted by Crippen LogP contribution is -2.27. The van der Waals surface area contributed by atoms with Crippen LogP contribution in [0.4, 0.5) is 0 Å². The molecular weight excluding hydrogens is 270 g/mol. The van der Waals surface area contributed by atoms with Crippen molar-refractivity contribution in [3.8, 4) is 0 Å². The fraction of sp³-hybridized carbons (Fsp3) is 0.364. The number of hydrogen-bond acceptors (Lipinski definition) is 5. The van der Waals surface area contributed by atoms with Crippen LogP contribution in [-0.4, -0.2) is 34.4 Å². The molecule has 0 fully saturated rings. The van der Waals surface area contributed by atoms with Gasteiger partial charge in [-0.1, -0.05) is 0 Å². The van der Waals surface area contributed by atoms with Gasteiger partial charge in [-0.15, -0.1) is 0 Å². The molecule has 2 heterocycles. The predicted molar refractivity (Wildman–Crippen MR) is 66.5 cm³/mol. The number of furan rings is 1. The van der Waals surface area contributed by atoms with E-state index in [1.54, 1.807) is 24.0 Å². The molecule has 0 spiro atoms. The van der Waals surface area contributed by atoms with E-state index in [1.807, 2.05) is 0 Å². The summed E-state index contributed by atoms with van der Waals surface area (Å²) in [5.41, 5.74) is 0. The van der Waals surface area contributed by atoms with Crippen LogP contribution in [0, 0.1) is 0 Å². The molecule has 0 atom stereocenters. The van der Waals surface area contributed by atoms with Crippen molar-refractivity contribution in [3.63, 3.8) is 0 Å². The number of aryl methyl sites for hydroxylation is 1. The third kappa shape index (κ3) is 2.70. The Balaban J connectivity index is 2.22. The summed E-state index contributed by atoms with van der Waals surface area (Å²) >= 11 is 0. The molecule has 8 heteroatoms. The number of nitrogens with zero attached hydrogens (tertiary/aromatic N) is 3. The molecule has 0 aliphatic carbocycles. The third-order valence-corrected chi connectivity index (χ3v) is 4.42. The van der Waals surface area contributed by atoms with Crippen LogP contribution in [0.2, 0.25) is 0 Å². The fourth-order valence-electron chi connectivity index (χ4n) is 1.57. The van der Waals surface area contributed by atoms with Gasteiger partial charge in [0.15, 0.2) is 0 Å².